The molecule has 1 N–H and O–H groups in total. The van der Waals surface area contributed by atoms with E-state index >= 15 is 0 Å². The normalized spacial score (nSPS) is 15.2. The molecule has 0 atom stereocenters. The van der Waals surface area contributed by atoms with Crippen molar-refractivity contribution >= 4 is 17.8 Å². The van der Waals surface area contributed by atoms with E-state index in [2.05, 4.69) is 61.7 Å². The van der Waals surface area contributed by atoms with Gasteiger partial charge in [-0.3, -0.25) is 9.69 Å². The Morgan fingerprint density at radius 1 is 1.07 bits per heavy atom. The lowest BCUT2D eigenvalue weighted by Crippen LogP contribution is -2.46. The Morgan fingerprint density at radius 3 is 2.52 bits per heavy atom. The molecule has 3 rings (SSSR count). The minimum atomic E-state index is -0.161. The van der Waals surface area contributed by atoms with Crippen LogP contribution in [0.4, 0.5) is 5.82 Å². The van der Waals surface area contributed by atoms with Crippen molar-refractivity contribution in [2.24, 2.45) is 0 Å². The molecule has 2 heterocycles. The minimum absolute atomic E-state index is 0.161. The second-order valence-electron chi connectivity index (χ2n) is 6.63. The topological polar surface area (TPSA) is 61.4 Å². The highest BCUT2D eigenvalue weighted by molar-refractivity contribution is 5.92. The fraction of sp³-hybridized carbons (Fsp3) is 0.381. The van der Waals surface area contributed by atoms with Gasteiger partial charge in [0.05, 0.1) is 0 Å². The van der Waals surface area contributed by atoms with E-state index in [-0.39, 0.29) is 5.91 Å². The lowest BCUT2D eigenvalue weighted by Gasteiger charge is -2.34. The van der Waals surface area contributed by atoms with Crippen LogP contribution in [0.1, 0.15) is 29.4 Å². The zero-order valence-electron chi connectivity index (χ0n) is 15.8. The van der Waals surface area contributed by atoms with Gasteiger partial charge in [-0.25, -0.2) is 0 Å². The molecule has 1 fully saturated rings. The molecule has 6 nitrogen and oxygen atoms in total. The Kier molecular flexibility index (Phi) is 6.93. The van der Waals surface area contributed by atoms with Crippen LogP contribution in [0.5, 0.6) is 0 Å². The molecular formula is C21H27N5O. The number of anilines is 1. The van der Waals surface area contributed by atoms with Crippen molar-refractivity contribution in [1.29, 1.82) is 0 Å². The first kappa shape index (κ1) is 19.0. The molecule has 0 aliphatic carbocycles. The highest BCUT2D eigenvalue weighted by atomic mass is 16.1. The summed E-state index contributed by atoms with van der Waals surface area (Å²) in [5, 5.41) is 11.1. The lowest BCUT2D eigenvalue weighted by molar-refractivity contribution is 0.0947. The molecule has 2 aromatic rings. The zero-order valence-corrected chi connectivity index (χ0v) is 15.8. The number of aromatic nitrogens is 2. The van der Waals surface area contributed by atoms with Gasteiger partial charge in [0.2, 0.25) is 0 Å². The third-order valence-electron chi connectivity index (χ3n) is 4.59. The largest absolute Gasteiger partial charge is 0.353 e. The molecule has 1 aromatic heterocycles. The Hall–Kier alpha value is -2.73. The fourth-order valence-electron chi connectivity index (χ4n) is 3.01. The quantitative estimate of drug-likeness (QED) is 0.817. The van der Waals surface area contributed by atoms with Crippen LogP contribution < -0.4 is 10.2 Å². The number of nitrogens with one attached hydrogen (secondary N) is 1. The van der Waals surface area contributed by atoms with E-state index in [9.17, 15) is 4.79 Å². The summed E-state index contributed by atoms with van der Waals surface area (Å²) in [6, 6.07) is 14.0. The molecule has 0 saturated carbocycles. The summed E-state index contributed by atoms with van der Waals surface area (Å²) >= 11 is 0. The van der Waals surface area contributed by atoms with E-state index in [4.69, 9.17) is 0 Å². The van der Waals surface area contributed by atoms with Gasteiger partial charge in [0.25, 0.3) is 5.91 Å². The summed E-state index contributed by atoms with van der Waals surface area (Å²) in [7, 11) is 0. The number of hydrogen-bond acceptors (Lipinski definition) is 5. The van der Waals surface area contributed by atoms with Crippen molar-refractivity contribution in [2.45, 2.75) is 13.3 Å². The minimum Gasteiger partial charge on any atom is -0.353 e. The first-order chi connectivity index (χ1) is 13.3. The summed E-state index contributed by atoms with van der Waals surface area (Å²) in [6.07, 6.45) is 5.29. The molecule has 27 heavy (non-hydrogen) atoms. The summed E-state index contributed by atoms with van der Waals surface area (Å²) in [6.45, 7) is 7.42. The highest BCUT2D eigenvalue weighted by Crippen LogP contribution is 2.13. The van der Waals surface area contributed by atoms with Crippen molar-refractivity contribution in [2.75, 3.05) is 44.2 Å². The van der Waals surface area contributed by atoms with Gasteiger partial charge in [-0.05, 0) is 24.1 Å². The maximum Gasteiger partial charge on any atom is 0.271 e. The van der Waals surface area contributed by atoms with Crippen LogP contribution >= 0.6 is 0 Å². The van der Waals surface area contributed by atoms with Gasteiger partial charge in [0, 0.05) is 39.3 Å². The van der Waals surface area contributed by atoms with Crippen LogP contribution in [0.15, 0.2) is 48.5 Å². The Morgan fingerprint density at radius 2 is 1.85 bits per heavy atom. The van der Waals surface area contributed by atoms with Crippen LogP contribution in [0.2, 0.25) is 0 Å². The van der Waals surface area contributed by atoms with Gasteiger partial charge in [-0.15, -0.1) is 10.2 Å². The fourth-order valence-corrected chi connectivity index (χ4v) is 3.01. The van der Waals surface area contributed by atoms with E-state index < -0.39 is 0 Å². The molecular weight excluding hydrogens is 338 g/mol. The number of carbonyl (C=O) groups is 1. The monoisotopic (exact) mass is 365 g/mol. The van der Waals surface area contributed by atoms with E-state index in [0.717, 1.165) is 45.0 Å². The average Bonchev–Trinajstić information content (AvgIpc) is 2.73. The number of carbonyl (C=O) groups excluding carboxylic acids is 1. The number of rotatable bonds is 7. The van der Waals surface area contributed by atoms with Crippen LogP contribution in [0.25, 0.3) is 6.08 Å². The number of benzene rings is 1. The van der Waals surface area contributed by atoms with Crippen LogP contribution in [-0.4, -0.2) is 60.3 Å². The molecule has 0 spiro atoms. The van der Waals surface area contributed by atoms with Crippen LogP contribution in [0, 0.1) is 0 Å². The van der Waals surface area contributed by atoms with E-state index in [1.54, 1.807) is 6.07 Å². The number of hydrogen-bond donors (Lipinski definition) is 1. The molecule has 0 unspecified atom stereocenters. The van der Waals surface area contributed by atoms with Crippen molar-refractivity contribution < 1.29 is 4.79 Å². The van der Waals surface area contributed by atoms with Crippen LogP contribution in [-0.2, 0) is 0 Å². The standard InChI is InChI=1S/C21H27N5O/c1-2-12-22-21(27)19-10-11-20(24-23-19)26-16-14-25(15-17-26)13-6-9-18-7-4-3-5-8-18/h3-11H,2,12-17H2,1H3,(H,22,27)/b9-6+. The molecule has 1 amide bonds. The zero-order chi connectivity index (χ0) is 18.9. The Balaban J connectivity index is 1.46. The predicted molar refractivity (Wildman–Crippen MR) is 109 cm³/mol. The molecule has 0 bridgehead atoms. The average molecular weight is 365 g/mol. The van der Waals surface area contributed by atoms with Crippen LogP contribution in [0.3, 0.4) is 0 Å². The maximum absolute atomic E-state index is 11.9. The van der Waals surface area contributed by atoms with Gasteiger partial charge in [-0.2, -0.15) is 0 Å². The van der Waals surface area contributed by atoms with Gasteiger partial charge >= 0.3 is 0 Å². The van der Waals surface area contributed by atoms with Gasteiger partial charge < -0.3 is 10.2 Å². The predicted octanol–water partition coefficient (Wildman–Crippen LogP) is 2.45. The molecule has 142 valence electrons. The van der Waals surface area contributed by atoms with Crippen molar-refractivity contribution in [3.8, 4) is 0 Å². The third kappa shape index (κ3) is 5.62. The highest BCUT2D eigenvalue weighted by Gasteiger charge is 2.18. The lowest BCUT2D eigenvalue weighted by atomic mass is 10.2. The summed E-state index contributed by atoms with van der Waals surface area (Å²) in [5.74, 6) is 0.674. The summed E-state index contributed by atoms with van der Waals surface area (Å²) in [5.41, 5.74) is 1.60. The Bertz CT molecular complexity index is 737. The maximum atomic E-state index is 11.9. The molecule has 1 aliphatic heterocycles. The van der Waals surface area contributed by atoms with Gasteiger partial charge in [0.1, 0.15) is 0 Å². The number of amides is 1. The third-order valence-corrected chi connectivity index (χ3v) is 4.59. The van der Waals surface area contributed by atoms with Crippen molar-refractivity contribution in [1.82, 2.24) is 20.4 Å². The van der Waals surface area contributed by atoms with Crippen molar-refractivity contribution in [3.05, 3.63) is 59.8 Å². The first-order valence-electron chi connectivity index (χ1n) is 9.57. The van der Waals surface area contributed by atoms with E-state index in [1.807, 2.05) is 19.1 Å². The second kappa shape index (κ2) is 9.83. The first-order valence-corrected chi connectivity index (χ1v) is 9.57. The smallest absolute Gasteiger partial charge is 0.271 e. The molecule has 1 saturated heterocycles. The second-order valence-corrected chi connectivity index (χ2v) is 6.63. The summed E-state index contributed by atoms with van der Waals surface area (Å²) in [4.78, 5) is 16.5. The SMILES string of the molecule is CCCNC(=O)c1ccc(N2CCN(C/C=C/c3ccccc3)CC2)nn1. The molecule has 1 aliphatic rings. The van der Waals surface area contributed by atoms with Gasteiger partial charge in [-0.1, -0.05) is 49.4 Å². The number of nitrogens with zero attached hydrogens (tertiary/aromatic N) is 4. The van der Waals surface area contributed by atoms with Gasteiger partial charge in [0.15, 0.2) is 11.5 Å². The number of piperazine rings is 1. The summed E-state index contributed by atoms with van der Waals surface area (Å²) < 4.78 is 0. The van der Waals surface area contributed by atoms with Crippen molar-refractivity contribution in [3.63, 3.8) is 0 Å². The van der Waals surface area contributed by atoms with E-state index in [0.29, 0.717) is 12.2 Å². The molecule has 0 radical (unpaired) electrons. The van der Waals surface area contributed by atoms with E-state index in [1.165, 1.54) is 5.56 Å². The molecule has 1 aromatic carbocycles. The Labute approximate surface area is 160 Å². The molecule has 6 heteroatoms.